The van der Waals surface area contributed by atoms with Gasteiger partial charge in [-0.15, -0.1) is 11.6 Å². The van der Waals surface area contributed by atoms with Gasteiger partial charge >= 0.3 is 0 Å². The molecule has 0 amide bonds. The van der Waals surface area contributed by atoms with Crippen LogP contribution < -0.4 is 0 Å². The van der Waals surface area contributed by atoms with Crippen molar-refractivity contribution in [2.75, 3.05) is 0 Å². The number of rotatable bonds is 3. The number of pyridine rings is 1. The molecule has 0 aliphatic heterocycles. The number of nitrogens with zero attached hydrogens (tertiary/aromatic N) is 1. The Hall–Kier alpha value is -0.120. The lowest BCUT2D eigenvalue weighted by atomic mass is 10.1. The molecule has 0 aliphatic carbocycles. The van der Waals surface area contributed by atoms with E-state index in [-0.39, 0.29) is 12.0 Å². The van der Waals surface area contributed by atoms with Crippen molar-refractivity contribution in [3.05, 3.63) is 28.0 Å². The van der Waals surface area contributed by atoms with E-state index in [4.69, 9.17) is 16.7 Å². The fraction of sp³-hybridized carbons (Fsp3) is 0.444. The largest absolute Gasteiger partial charge is 0.392 e. The van der Waals surface area contributed by atoms with E-state index in [0.717, 1.165) is 22.3 Å². The molecular formula is C9H11BrClNO. The number of halogens is 2. The lowest BCUT2D eigenvalue weighted by Crippen LogP contribution is -2.00. The van der Waals surface area contributed by atoms with Gasteiger partial charge in [-0.05, 0) is 28.4 Å². The fourth-order valence-corrected chi connectivity index (χ4v) is 1.59. The van der Waals surface area contributed by atoms with Gasteiger partial charge in [-0.1, -0.05) is 13.0 Å². The highest BCUT2D eigenvalue weighted by atomic mass is 79.9. The molecular weight excluding hydrogens is 253 g/mol. The minimum atomic E-state index is -0.125. The summed E-state index contributed by atoms with van der Waals surface area (Å²) in [5, 5.41) is 8.91. The average Bonchev–Trinajstić information content (AvgIpc) is 2.16. The van der Waals surface area contributed by atoms with E-state index in [1.54, 1.807) is 6.07 Å². The van der Waals surface area contributed by atoms with Gasteiger partial charge in [0.15, 0.2) is 0 Å². The molecule has 1 unspecified atom stereocenters. The van der Waals surface area contributed by atoms with Gasteiger partial charge in [0, 0.05) is 5.56 Å². The Labute approximate surface area is 91.1 Å². The number of aliphatic hydroxyl groups excluding tert-OH is 1. The van der Waals surface area contributed by atoms with E-state index in [9.17, 15) is 0 Å². The summed E-state index contributed by atoms with van der Waals surface area (Å²) in [7, 11) is 0. The van der Waals surface area contributed by atoms with Crippen LogP contribution in [0.2, 0.25) is 0 Å². The molecule has 0 fully saturated rings. The van der Waals surface area contributed by atoms with Gasteiger partial charge in [0.1, 0.15) is 4.60 Å². The average molecular weight is 265 g/mol. The highest BCUT2D eigenvalue weighted by molar-refractivity contribution is 9.10. The highest BCUT2D eigenvalue weighted by Crippen LogP contribution is 2.26. The molecule has 1 heterocycles. The van der Waals surface area contributed by atoms with Gasteiger partial charge < -0.3 is 5.11 Å². The van der Waals surface area contributed by atoms with E-state index < -0.39 is 0 Å². The molecule has 1 N–H and O–H groups in total. The summed E-state index contributed by atoms with van der Waals surface area (Å²) in [5.74, 6) is 0. The molecule has 0 saturated heterocycles. The van der Waals surface area contributed by atoms with Crippen molar-refractivity contribution in [1.29, 1.82) is 0 Å². The Balaban J connectivity index is 3.07. The first-order valence-electron chi connectivity index (χ1n) is 4.09. The van der Waals surface area contributed by atoms with Crippen molar-refractivity contribution < 1.29 is 5.11 Å². The van der Waals surface area contributed by atoms with Crippen LogP contribution in [0.4, 0.5) is 0 Å². The molecule has 0 radical (unpaired) electrons. The second kappa shape index (κ2) is 4.94. The predicted octanol–water partition coefficient (Wildman–Crippen LogP) is 3.03. The Kier molecular flexibility index (Phi) is 4.16. The van der Waals surface area contributed by atoms with Gasteiger partial charge in [0.25, 0.3) is 0 Å². The fourth-order valence-electron chi connectivity index (χ4n) is 1.08. The zero-order chi connectivity index (χ0) is 9.84. The third-order valence-corrected chi connectivity index (χ3v) is 2.76. The maximum Gasteiger partial charge on any atom is 0.106 e. The smallest absolute Gasteiger partial charge is 0.106 e. The van der Waals surface area contributed by atoms with Crippen LogP contribution in [0, 0.1) is 0 Å². The van der Waals surface area contributed by atoms with Crippen LogP contribution in [0.5, 0.6) is 0 Å². The van der Waals surface area contributed by atoms with Crippen LogP contribution in [-0.2, 0) is 6.61 Å². The first-order valence-corrected chi connectivity index (χ1v) is 5.32. The Morgan fingerprint density at radius 3 is 2.85 bits per heavy atom. The van der Waals surface area contributed by atoms with E-state index in [1.165, 1.54) is 0 Å². The number of alkyl halides is 1. The molecule has 1 aromatic rings. The van der Waals surface area contributed by atoms with E-state index in [1.807, 2.05) is 13.0 Å². The van der Waals surface area contributed by atoms with Crippen LogP contribution >= 0.6 is 27.5 Å². The molecule has 0 bridgehead atoms. The summed E-state index contributed by atoms with van der Waals surface area (Å²) >= 11 is 9.32. The van der Waals surface area contributed by atoms with Crippen LogP contribution in [0.3, 0.4) is 0 Å². The standard InChI is InChI=1S/C9H11BrClNO/c1-2-7(11)9-6(5-13)3-4-8(10)12-9/h3-4,7,13H,2,5H2,1H3. The third-order valence-electron chi connectivity index (χ3n) is 1.80. The summed E-state index contributed by atoms with van der Waals surface area (Å²) in [6.45, 7) is 1.97. The summed E-state index contributed by atoms with van der Waals surface area (Å²) in [4.78, 5) is 4.24. The van der Waals surface area contributed by atoms with Crippen LogP contribution in [-0.4, -0.2) is 10.1 Å². The molecule has 13 heavy (non-hydrogen) atoms. The maximum atomic E-state index is 9.04. The summed E-state index contributed by atoms with van der Waals surface area (Å²) < 4.78 is 0.749. The van der Waals surface area contributed by atoms with E-state index in [2.05, 4.69) is 20.9 Å². The quantitative estimate of drug-likeness (QED) is 0.672. The normalized spacial score (nSPS) is 12.9. The first kappa shape index (κ1) is 11.0. The van der Waals surface area contributed by atoms with Crippen LogP contribution in [0.15, 0.2) is 16.7 Å². The van der Waals surface area contributed by atoms with Gasteiger partial charge in [-0.25, -0.2) is 4.98 Å². The Morgan fingerprint density at radius 2 is 2.31 bits per heavy atom. The van der Waals surface area contributed by atoms with Crippen molar-refractivity contribution in [2.45, 2.75) is 25.3 Å². The molecule has 4 heteroatoms. The minimum Gasteiger partial charge on any atom is -0.392 e. The summed E-state index contributed by atoms with van der Waals surface area (Å²) in [5.41, 5.74) is 1.56. The molecule has 1 aromatic heterocycles. The van der Waals surface area contributed by atoms with Gasteiger partial charge in [-0.3, -0.25) is 0 Å². The highest BCUT2D eigenvalue weighted by Gasteiger charge is 2.12. The minimum absolute atomic E-state index is 0.0150. The second-order valence-electron chi connectivity index (χ2n) is 2.71. The SMILES string of the molecule is CCC(Cl)c1nc(Br)ccc1CO. The molecule has 0 aliphatic rings. The molecule has 72 valence electrons. The summed E-state index contributed by atoms with van der Waals surface area (Å²) in [6.07, 6.45) is 0.804. The molecule has 0 saturated carbocycles. The van der Waals surface area contributed by atoms with Gasteiger partial charge in [0.05, 0.1) is 17.7 Å². The predicted molar refractivity (Wildman–Crippen MR) is 56.7 cm³/mol. The number of aliphatic hydroxyl groups is 1. The van der Waals surface area contributed by atoms with Crippen molar-refractivity contribution >= 4 is 27.5 Å². The van der Waals surface area contributed by atoms with E-state index in [0.29, 0.717) is 0 Å². The third kappa shape index (κ3) is 2.66. The zero-order valence-electron chi connectivity index (χ0n) is 7.30. The number of hydrogen-bond acceptors (Lipinski definition) is 2. The van der Waals surface area contributed by atoms with Crippen LogP contribution in [0.25, 0.3) is 0 Å². The van der Waals surface area contributed by atoms with Crippen molar-refractivity contribution in [2.24, 2.45) is 0 Å². The first-order chi connectivity index (χ1) is 6.19. The Bertz CT molecular complexity index is 293. The monoisotopic (exact) mass is 263 g/mol. The lowest BCUT2D eigenvalue weighted by molar-refractivity contribution is 0.279. The molecule has 1 rings (SSSR count). The Morgan fingerprint density at radius 1 is 1.62 bits per heavy atom. The van der Waals surface area contributed by atoms with Gasteiger partial charge in [-0.2, -0.15) is 0 Å². The molecule has 1 atom stereocenters. The number of aromatic nitrogens is 1. The molecule has 0 spiro atoms. The second-order valence-corrected chi connectivity index (χ2v) is 4.05. The van der Waals surface area contributed by atoms with Crippen molar-refractivity contribution in [3.63, 3.8) is 0 Å². The topological polar surface area (TPSA) is 33.1 Å². The molecule has 0 aromatic carbocycles. The zero-order valence-corrected chi connectivity index (χ0v) is 9.64. The van der Waals surface area contributed by atoms with Gasteiger partial charge in [0.2, 0.25) is 0 Å². The molecule has 2 nitrogen and oxygen atoms in total. The van der Waals surface area contributed by atoms with Crippen LogP contribution in [0.1, 0.15) is 30.0 Å². The van der Waals surface area contributed by atoms with E-state index >= 15 is 0 Å². The number of hydrogen-bond donors (Lipinski definition) is 1. The lowest BCUT2D eigenvalue weighted by Gasteiger charge is -2.10. The van der Waals surface area contributed by atoms with Crippen molar-refractivity contribution in [1.82, 2.24) is 4.98 Å². The summed E-state index contributed by atoms with van der Waals surface area (Å²) in [6, 6.07) is 3.63. The maximum absolute atomic E-state index is 9.04. The van der Waals surface area contributed by atoms with Crippen molar-refractivity contribution in [3.8, 4) is 0 Å².